The molecule has 0 saturated heterocycles. The zero-order valence-electron chi connectivity index (χ0n) is 10.6. The minimum atomic E-state index is -0.455. The Morgan fingerprint density at radius 3 is 2.61 bits per heavy atom. The summed E-state index contributed by atoms with van der Waals surface area (Å²) in [5.74, 6) is -0.312. The highest BCUT2D eigenvalue weighted by Gasteiger charge is 2.09. The second kappa shape index (κ2) is 7.79. The van der Waals surface area contributed by atoms with Crippen molar-refractivity contribution in [2.24, 2.45) is 0 Å². The van der Waals surface area contributed by atoms with Gasteiger partial charge < -0.3 is 14.2 Å². The second-order valence-corrected chi connectivity index (χ2v) is 3.65. The molecule has 4 nitrogen and oxygen atoms in total. The standard InChI is InChI=1S/C13H17FO4/c1-10(15)12-9-11(14)3-4-13(12)18-8-7-17-6-5-16-2/h3-4,9H,5-8H2,1-2H3. The molecule has 0 saturated carbocycles. The van der Waals surface area contributed by atoms with Gasteiger partial charge >= 0.3 is 0 Å². The first kappa shape index (κ1) is 14.6. The molecular formula is C13H17FO4. The van der Waals surface area contributed by atoms with E-state index < -0.39 is 5.82 Å². The summed E-state index contributed by atoms with van der Waals surface area (Å²) >= 11 is 0. The van der Waals surface area contributed by atoms with Gasteiger partial charge in [0, 0.05) is 7.11 Å². The summed E-state index contributed by atoms with van der Waals surface area (Å²) in [6, 6.07) is 3.87. The van der Waals surface area contributed by atoms with Gasteiger partial charge in [0.1, 0.15) is 18.2 Å². The van der Waals surface area contributed by atoms with Gasteiger partial charge in [-0.2, -0.15) is 0 Å². The number of carbonyl (C=O) groups excluding carboxylic acids is 1. The molecule has 0 heterocycles. The van der Waals surface area contributed by atoms with Crippen LogP contribution in [0.15, 0.2) is 18.2 Å². The number of carbonyl (C=O) groups is 1. The van der Waals surface area contributed by atoms with Gasteiger partial charge in [-0.05, 0) is 25.1 Å². The average molecular weight is 256 g/mol. The molecule has 1 aromatic carbocycles. The van der Waals surface area contributed by atoms with E-state index >= 15 is 0 Å². The molecule has 0 aromatic heterocycles. The number of benzene rings is 1. The molecule has 100 valence electrons. The Labute approximate surface area is 106 Å². The van der Waals surface area contributed by atoms with E-state index in [9.17, 15) is 9.18 Å². The van der Waals surface area contributed by atoms with E-state index in [1.807, 2.05) is 0 Å². The van der Waals surface area contributed by atoms with Gasteiger partial charge in [-0.15, -0.1) is 0 Å². The van der Waals surface area contributed by atoms with Crippen molar-refractivity contribution in [3.63, 3.8) is 0 Å². The lowest BCUT2D eigenvalue weighted by Gasteiger charge is -2.10. The first-order valence-electron chi connectivity index (χ1n) is 5.65. The monoisotopic (exact) mass is 256 g/mol. The predicted octanol–water partition coefficient (Wildman–Crippen LogP) is 2.07. The summed E-state index contributed by atoms with van der Waals surface area (Å²) in [7, 11) is 1.59. The van der Waals surface area contributed by atoms with Crippen LogP contribution in [-0.2, 0) is 9.47 Å². The van der Waals surface area contributed by atoms with Crippen LogP contribution in [0.1, 0.15) is 17.3 Å². The summed E-state index contributed by atoms with van der Waals surface area (Å²) < 4.78 is 28.4. The highest BCUT2D eigenvalue weighted by molar-refractivity contribution is 5.96. The molecule has 0 aliphatic rings. The number of ether oxygens (including phenoxy) is 3. The third kappa shape index (κ3) is 4.81. The maximum absolute atomic E-state index is 13.0. The van der Waals surface area contributed by atoms with Crippen LogP contribution in [0.25, 0.3) is 0 Å². The quantitative estimate of drug-likeness (QED) is 0.527. The van der Waals surface area contributed by atoms with Gasteiger partial charge in [0.15, 0.2) is 5.78 Å². The first-order chi connectivity index (χ1) is 8.65. The summed E-state index contributed by atoms with van der Waals surface area (Å²) in [6.07, 6.45) is 0. The molecule has 0 N–H and O–H groups in total. The van der Waals surface area contributed by atoms with Crippen LogP contribution in [0.5, 0.6) is 5.75 Å². The average Bonchev–Trinajstić information content (AvgIpc) is 2.35. The molecule has 0 fully saturated rings. The first-order valence-corrected chi connectivity index (χ1v) is 5.65. The van der Waals surface area contributed by atoms with Crippen molar-refractivity contribution in [2.45, 2.75) is 6.92 Å². The normalized spacial score (nSPS) is 10.4. The molecule has 0 unspecified atom stereocenters. The van der Waals surface area contributed by atoms with Crippen molar-refractivity contribution in [3.8, 4) is 5.75 Å². The second-order valence-electron chi connectivity index (χ2n) is 3.65. The van der Waals surface area contributed by atoms with Crippen molar-refractivity contribution < 1.29 is 23.4 Å². The fourth-order valence-electron chi connectivity index (χ4n) is 1.36. The number of Topliss-reactive ketones (excluding diaryl/α,β-unsaturated/α-hetero) is 1. The molecule has 18 heavy (non-hydrogen) atoms. The Morgan fingerprint density at radius 2 is 1.94 bits per heavy atom. The number of hydrogen-bond acceptors (Lipinski definition) is 4. The van der Waals surface area contributed by atoms with Crippen molar-refractivity contribution >= 4 is 5.78 Å². The Morgan fingerprint density at radius 1 is 1.22 bits per heavy atom. The molecule has 1 rings (SSSR count). The van der Waals surface area contributed by atoms with Crippen molar-refractivity contribution in [2.75, 3.05) is 33.5 Å². The Balaban J connectivity index is 2.44. The molecule has 0 atom stereocenters. The van der Waals surface area contributed by atoms with Crippen LogP contribution in [0.2, 0.25) is 0 Å². The van der Waals surface area contributed by atoms with Gasteiger partial charge in [0.05, 0.1) is 25.4 Å². The molecule has 0 bridgehead atoms. The molecule has 1 aromatic rings. The van der Waals surface area contributed by atoms with Gasteiger partial charge in [-0.3, -0.25) is 4.79 Å². The highest BCUT2D eigenvalue weighted by atomic mass is 19.1. The van der Waals surface area contributed by atoms with Gasteiger partial charge in [-0.25, -0.2) is 4.39 Å². The van der Waals surface area contributed by atoms with E-state index in [1.54, 1.807) is 7.11 Å². The van der Waals surface area contributed by atoms with Crippen LogP contribution in [0.3, 0.4) is 0 Å². The lowest BCUT2D eigenvalue weighted by molar-refractivity contribution is 0.0542. The third-order valence-corrected chi connectivity index (χ3v) is 2.24. The van der Waals surface area contributed by atoms with Gasteiger partial charge in [0.25, 0.3) is 0 Å². The van der Waals surface area contributed by atoms with Crippen LogP contribution in [0, 0.1) is 5.82 Å². The van der Waals surface area contributed by atoms with Crippen LogP contribution in [-0.4, -0.2) is 39.3 Å². The SMILES string of the molecule is COCCOCCOc1ccc(F)cc1C(C)=O. The molecular weight excluding hydrogens is 239 g/mol. The molecule has 0 aliphatic carbocycles. The summed E-state index contributed by atoms with van der Waals surface area (Å²) in [5, 5.41) is 0. The molecule has 0 radical (unpaired) electrons. The number of methoxy groups -OCH3 is 1. The van der Waals surface area contributed by atoms with Crippen LogP contribution >= 0.6 is 0 Å². The van der Waals surface area contributed by atoms with E-state index in [0.29, 0.717) is 32.2 Å². The largest absolute Gasteiger partial charge is 0.490 e. The number of rotatable bonds is 8. The van der Waals surface area contributed by atoms with Gasteiger partial charge in [0.2, 0.25) is 0 Å². The minimum Gasteiger partial charge on any atom is -0.490 e. The van der Waals surface area contributed by atoms with E-state index in [2.05, 4.69) is 0 Å². The third-order valence-electron chi connectivity index (χ3n) is 2.24. The van der Waals surface area contributed by atoms with Crippen molar-refractivity contribution in [3.05, 3.63) is 29.6 Å². The van der Waals surface area contributed by atoms with E-state index in [1.165, 1.54) is 25.1 Å². The van der Waals surface area contributed by atoms with Crippen LogP contribution < -0.4 is 4.74 Å². The van der Waals surface area contributed by atoms with Crippen molar-refractivity contribution in [1.82, 2.24) is 0 Å². The lowest BCUT2D eigenvalue weighted by atomic mass is 10.1. The summed E-state index contributed by atoms with van der Waals surface area (Å²) in [4.78, 5) is 11.3. The topological polar surface area (TPSA) is 44.8 Å². The fourth-order valence-corrected chi connectivity index (χ4v) is 1.36. The summed E-state index contributed by atoms with van der Waals surface area (Å²) in [6.45, 7) is 3.07. The molecule has 0 amide bonds. The zero-order chi connectivity index (χ0) is 13.4. The number of hydrogen-bond donors (Lipinski definition) is 0. The van der Waals surface area contributed by atoms with Gasteiger partial charge in [-0.1, -0.05) is 0 Å². The maximum Gasteiger partial charge on any atom is 0.163 e. The van der Waals surface area contributed by atoms with Crippen LogP contribution in [0.4, 0.5) is 4.39 Å². The molecule has 5 heteroatoms. The molecule has 0 aliphatic heterocycles. The predicted molar refractivity (Wildman–Crippen MR) is 64.6 cm³/mol. The van der Waals surface area contributed by atoms with E-state index in [-0.39, 0.29) is 11.3 Å². The zero-order valence-corrected chi connectivity index (χ0v) is 10.6. The minimum absolute atomic E-state index is 0.232. The van der Waals surface area contributed by atoms with E-state index in [0.717, 1.165) is 0 Å². The number of ketones is 1. The molecule has 0 spiro atoms. The summed E-state index contributed by atoms with van der Waals surface area (Å²) in [5.41, 5.74) is 0.242. The highest BCUT2D eigenvalue weighted by Crippen LogP contribution is 2.20. The Hall–Kier alpha value is -1.46. The number of halogens is 1. The smallest absolute Gasteiger partial charge is 0.163 e. The Bertz CT molecular complexity index is 393. The fraction of sp³-hybridized carbons (Fsp3) is 0.462. The van der Waals surface area contributed by atoms with Crippen molar-refractivity contribution in [1.29, 1.82) is 0 Å². The maximum atomic E-state index is 13.0. The van der Waals surface area contributed by atoms with E-state index in [4.69, 9.17) is 14.2 Å². The lowest BCUT2D eigenvalue weighted by Crippen LogP contribution is -2.11. The Kier molecular flexibility index (Phi) is 6.32.